The average molecular weight is 250 g/mol. The minimum Gasteiger partial charge on any atom is -0.495 e. The maximum absolute atomic E-state index is 10.6. The number of hydrogen-bond acceptors (Lipinski definition) is 4. The second-order valence-corrected chi connectivity index (χ2v) is 4.25. The fraction of sp³-hybridized carbons (Fsp3) is 0.417. The highest BCUT2D eigenvalue weighted by atomic mass is 16.5. The topological polar surface area (TPSA) is 93.6 Å². The molecule has 0 spiro atoms. The van der Waals surface area contributed by atoms with Crippen LogP contribution in [0.15, 0.2) is 12.1 Å². The third-order valence-corrected chi connectivity index (χ3v) is 3.10. The van der Waals surface area contributed by atoms with Crippen molar-refractivity contribution in [2.45, 2.75) is 6.42 Å². The molecule has 2 amide bonds. The van der Waals surface area contributed by atoms with Crippen molar-refractivity contribution in [2.24, 2.45) is 5.73 Å². The smallest absolute Gasteiger partial charge is 0.312 e. The zero-order chi connectivity index (χ0) is 13.1. The summed E-state index contributed by atoms with van der Waals surface area (Å²) in [6, 6.07) is 3.40. The third kappa shape index (κ3) is 2.42. The summed E-state index contributed by atoms with van der Waals surface area (Å²) in [4.78, 5) is 12.8. The summed E-state index contributed by atoms with van der Waals surface area (Å²) in [5.74, 6) is 0.684. The van der Waals surface area contributed by atoms with Crippen LogP contribution in [0.2, 0.25) is 0 Å². The molecule has 1 aromatic carbocycles. The van der Waals surface area contributed by atoms with Gasteiger partial charge in [-0.2, -0.15) is 0 Å². The molecule has 0 saturated heterocycles. The average Bonchev–Trinajstić information content (AvgIpc) is 2.70. The van der Waals surface area contributed by atoms with Gasteiger partial charge in [-0.05, 0) is 18.1 Å². The fourth-order valence-corrected chi connectivity index (χ4v) is 2.23. The number of carbonyl (C=O) groups is 1. The maximum Gasteiger partial charge on any atom is 0.312 e. The second-order valence-electron chi connectivity index (χ2n) is 4.25. The Hall–Kier alpha value is -2.11. The highest BCUT2D eigenvalue weighted by Crippen LogP contribution is 2.35. The molecule has 6 heteroatoms. The minimum absolute atomic E-state index is 0.496. The first kappa shape index (κ1) is 12.3. The van der Waals surface area contributed by atoms with E-state index in [0.717, 1.165) is 25.2 Å². The van der Waals surface area contributed by atoms with Gasteiger partial charge in [0.05, 0.1) is 12.8 Å². The van der Waals surface area contributed by atoms with Crippen molar-refractivity contribution in [1.82, 2.24) is 5.32 Å². The van der Waals surface area contributed by atoms with Crippen LogP contribution in [0.5, 0.6) is 5.75 Å². The lowest BCUT2D eigenvalue weighted by Crippen LogP contribution is -2.36. The molecule has 6 nitrogen and oxygen atoms in total. The van der Waals surface area contributed by atoms with Gasteiger partial charge in [-0.25, -0.2) is 4.79 Å². The van der Waals surface area contributed by atoms with Gasteiger partial charge in [-0.1, -0.05) is 0 Å². The first-order chi connectivity index (χ1) is 8.61. The molecule has 2 rings (SSSR count). The lowest BCUT2D eigenvalue weighted by Gasteiger charge is -2.20. The van der Waals surface area contributed by atoms with Gasteiger partial charge >= 0.3 is 6.03 Å². The van der Waals surface area contributed by atoms with E-state index in [1.807, 2.05) is 12.1 Å². The Morgan fingerprint density at radius 2 is 2.33 bits per heavy atom. The van der Waals surface area contributed by atoms with Crippen LogP contribution in [0.3, 0.4) is 0 Å². The summed E-state index contributed by atoms with van der Waals surface area (Å²) in [5, 5.41) is 2.58. The SMILES string of the molecule is COc1cc2c(cc1N)CCN2CCNC(N)=O. The molecule has 1 aromatic rings. The van der Waals surface area contributed by atoms with Gasteiger partial charge < -0.3 is 26.4 Å². The Morgan fingerprint density at radius 3 is 3.00 bits per heavy atom. The Morgan fingerprint density at radius 1 is 1.56 bits per heavy atom. The Labute approximate surface area is 106 Å². The van der Waals surface area contributed by atoms with Crippen molar-refractivity contribution >= 4 is 17.4 Å². The zero-order valence-corrected chi connectivity index (χ0v) is 10.4. The number of nitrogens with zero attached hydrogens (tertiary/aromatic N) is 1. The molecule has 0 aromatic heterocycles. The molecule has 1 aliphatic rings. The molecule has 5 N–H and O–H groups in total. The number of hydrogen-bond donors (Lipinski definition) is 3. The van der Waals surface area contributed by atoms with E-state index in [1.54, 1.807) is 7.11 Å². The van der Waals surface area contributed by atoms with Crippen LogP contribution >= 0.6 is 0 Å². The van der Waals surface area contributed by atoms with Crippen LogP contribution in [-0.2, 0) is 6.42 Å². The minimum atomic E-state index is -0.496. The molecular weight excluding hydrogens is 232 g/mol. The lowest BCUT2D eigenvalue weighted by molar-refractivity contribution is 0.249. The molecule has 0 bridgehead atoms. The van der Waals surface area contributed by atoms with Crippen LogP contribution in [-0.4, -0.2) is 32.8 Å². The molecule has 0 aliphatic carbocycles. The van der Waals surface area contributed by atoms with E-state index in [9.17, 15) is 4.79 Å². The molecule has 1 heterocycles. The molecule has 0 unspecified atom stereocenters. The molecule has 1 aliphatic heterocycles. The number of benzene rings is 1. The van der Waals surface area contributed by atoms with E-state index in [4.69, 9.17) is 16.2 Å². The zero-order valence-electron chi connectivity index (χ0n) is 10.4. The van der Waals surface area contributed by atoms with E-state index in [0.29, 0.717) is 18.0 Å². The highest BCUT2D eigenvalue weighted by Gasteiger charge is 2.20. The van der Waals surface area contributed by atoms with Crippen molar-refractivity contribution in [3.63, 3.8) is 0 Å². The third-order valence-electron chi connectivity index (χ3n) is 3.10. The second kappa shape index (κ2) is 5.03. The number of nitrogens with one attached hydrogen (secondary N) is 1. The summed E-state index contributed by atoms with van der Waals surface area (Å²) in [6.07, 6.45) is 0.958. The van der Waals surface area contributed by atoms with Crippen molar-refractivity contribution in [2.75, 3.05) is 37.4 Å². The van der Waals surface area contributed by atoms with Crippen molar-refractivity contribution in [3.8, 4) is 5.75 Å². The number of urea groups is 1. The van der Waals surface area contributed by atoms with Gasteiger partial charge in [0.2, 0.25) is 0 Å². The number of primary amides is 1. The molecule has 0 atom stereocenters. The summed E-state index contributed by atoms with van der Waals surface area (Å²) >= 11 is 0. The standard InChI is InChI=1S/C12H18N4O2/c1-18-11-7-10-8(6-9(11)13)2-4-16(10)5-3-15-12(14)17/h6-7H,2-5,13H2,1H3,(H3,14,15,17). The van der Waals surface area contributed by atoms with Crippen molar-refractivity contribution in [1.29, 1.82) is 0 Å². The summed E-state index contributed by atoms with van der Waals surface area (Å²) in [5.41, 5.74) is 13.9. The van der Waals surface area contributed by atoms with E-state index in [-0.39, 0.29) is 0 Å². The van der Waals surface area contributed by atoms with Crippen molar-refractivity contribution < 1.29 is 9.53 Å². The fourth-order valence-electron chi connectivity index (χ4n) is 2.23. The van der Waals surface area contributed by atoms with Gasteiger partial charge in [0.15, 0.2) is 0 Å². The van der Waals surface area contributed by atoms with Gasteiger partial charge in [0.25, 0.3) is 0 Å². The van der Waals surface area contributed by atoms with Crippen LogP contribution in [0.1, 0.15) is 5.56 Å². The normalized spacial score (nSPS) is 13.3. The molecule has 0 fully saturated rings. The van der Waals surface area contributed by atoms with Gasteiger partial charge in [-0.15, -0.1) is 0 Å². The van der Waals surface area contributed by atoms with Crippen LogP contribution in [0, 0.1) is 0 Å². The predicted molar refractivity (Wildman–Crippen MR) is 70.9 cm³/mol. The van der Waals surface area contributed by atoms with Gasteiger partial charge in [0, 0.05) is 31.4 Å². The first-order valence-electron chi connectivity index (χ1n) is 5.86. The van der Waals surface area contributed by atoms with Gasteiger partial charge in [0.1, 0.15) is 5.75 Å². The molecule has 98 valence electrons. The molecule has 0 saturated carbocycles. The Bertz CT molecular complexity index is 462. The maximum atomic E-state index is 10.6. The molecule has 18 heavy (non-hydrogen) atoms. The number of methoxy groups -OCH3 is 1. The highest BCUT2D eigenvalue weighted by molar-refractivity contribution is 5.72. The monoisotopic (exact) mass is 250 g/mol. The number of fused-ring (bicyclic) bond motifs is 1. The lowest BCUT2D eigenvalue weighted by atomic mass is 10.1. The largest absolute Gasteiger partial charge is 0.495 e. The number of rotatable bonds is 4. The number of nitrogen functional groups attached to an aromatic ring is 1. The Balaban J connectivity index is 2.09. The van der Waals surface area contributed by atoms with Crippen LogP contribution in [0.25, 0.3) is 0 Å². The van der Waals surface area contributed by atoms with E-state index in [2.05, 4.69) is 10.2 Å². The number of ether oxygens (including phenoxy) is 1. The summed E-state index contributed by atoms with van der Waals surface area (Å²) in [6.45, 7) is 2.17. The van der Waals surface area contributed by atoms with E-state index >= 15 is 0 Å². The number of nitrogens with two attached hydrogens (primary N) is 2. The predicted octanol–water partition coefficient (Wildman–Crippen LogP) is 0.308. The quantitative estimate of drug-likeness (QED) is 0.670. The van der Waals surface area contributed by atoms with E-state index in [1.165, 1.54) is 5.56 Å². The Kier molecular flexibility index (Phi) is 3.45. The van der Waals surface area contributed by atoms with Crippen molar-refractivity contribution in [3.05, 3.63) is 17.7 Å². The summed E-state index contributed by atoms with van der Waals surface area (Å²) in [7, 11) is 1.60. The summed E-state index contributed by atoms with van der Waals surface area (Å²) < 4.78 is 5.22. The van der Waals surface area contributed by atoms with Gasteiger partial charge in [-0.3, -0.25) is 0 Å². The number of anilines is 2. The van der Waals surface area contributed by atoms with E-state index < -0.39 is 6.03 Å². The van der Waals surface area contributed by atoms with Crippen LogP contribution < -0.4 is 26.4 Å². The number of carbonyl (C=O) groups excluding carboxylic acids is 1. The van der Waals surface area contributed by atoms with Crippen LogP contribution in [0.4, 0.5) is 16.2 Å². The molecule has 0 radical (unpaired) electrons. The first-order valence-corrected chi connectivity index (χ1v) is 5.86. The number of amides is 2. The molecular formula is C12H18N4O2.